The van der Waals surface area contributed by atoms with Gasteiger partial charge in [0, 0.05) is 11.1 Å². The van der Waals surface area contributed by atoms with Gasteiger partial charge in [0.15, 0.2) is 11.6 Å². The molecule has 3 rings (SSSR count). The van der Waals surface area contributed by atoms with Gasteiger partial charge in [-0.2, -0.15) is 55.0 Å². The molecule has 13 heteroatoms. The number of hydrogen-bond acceptors (Lipinski definition) is 9. The van der Waals surface area contributed by atoms with E-state index in [2.05, 4.69) is 55.9 Å². The van der Waals surface area contributed by atoms with Crippen molar-refractivity contribution in [1.82, 2.24) is 29.7 Å². The lowest BCUT2D eigenvalue weighted by atomic mass is 10.1. The zero-order valence-corrected chi connectivity index (χ0v) is 18.0. The first-order chi connectivity index (χ1) is 13.4. The van der Waals surface area contributed by atoms with Crippen LogP contribution in [-0.4, -0.2) is 47.3 Å². The zero-order valence-electron chi connectivity index (χ0n) is 14.6. The largest absolute Gasteiger partial charge is 0.507 e. The Bertz CT molecular complexity index is 1080. The van der Waals surface area contributed by atoms with Crippen molar-refractivity contribution < 1.29 is 5.11 Å². The maximum Gasteiger partial charge on any atom is 0.216 e. The van der Waals surface area contributed by atoms with Gasteiger partial charge in [0.25, 0.3) is 0 Å². The number of aromatic nitrogens is 6. The van der Waals surface area contributed by atoms with Gasteiger partial charge < -0.3 is 5.11 Å². The van der Waals surface area contributed by atoms with Crippen LogP contribution < -0.4 is 0 Å². The molecule has 146 valence electrons. The highest BCUT2D eigenvalue weighted by atomic mass is 32.1. The van der Waals surface area contributed by atoms with Crippen molar-refractivity contribution in [1.29, 1.82) is 0 Å². The molecule has 0 atom stereocenters. The molecule has 1 aromatic carbocycles. The molecule has 0 aliphatic heterocycles. The lowest BCUT2D eigenvalue weighted by Crippen LogP contribution is -1.99. The van der Waals surface area contributed by atoms with Gasteiger partial charge >= 0.3 is 0 Å². The molecule has 2 heterocycles. The van der Waals surface area contributed by atoms with Crippen LogP contribution in [0.5, 0.6) is 5.75 Å². The average Bonchev–Trinajstić information content (AvgIpc) is 3.22. The second-order valence-electron chi connectivity index (χ2n) is 5.61. The summed E-state index contributed by atoms with van der Waals surface area (Å²) >= 11 is 18.7. The fraction of sp³-hybridized carbons (Fsp3) is 0.200. The Morgan fingerprint density at radius 2 is 1.43 bits per heavy atom. The third-order valence-corrected chi connectivity index (χ3v) is 4.75. The average molecular weight is 453 g/mol. The number of nitrogens with zero attached hydrogens (tertiary/aromatic N) is 6. The normalized spacial score (nSPS) is 11.8. The minimum atomic E-state index is 0.0166. The lowest BCUT2D eigenvalue weighted by molar-refractivity contribution is 0.473. The number of thiol groups is 2. The van der Waals surface area contributed by atoms with Gasteiger partial charge in [-0.1, -0.05) is 0 Å². The number of phenols is 1. The van der Waals surface area contributed by atoms with Gasteiger partial charge in [-0.15, -0.1) is 0 Å². The number of aromatic hydroxyl groups is 1. The quantitative estimate of drug-likeness (QED) is 0.224. The number of rotatable bonds is 6. The first kappa shape index (κ1) is 20.5. The van der Waals surface area contributed by atoms with E-state index in [9.17, 15) is 5.11 Å². The summed E-state index contributed by atoms with van der Waals surface area (Å²) in [7, 11) is 0. The number of hydrogen-bond donors (Lipinski definition) is 5. The van der Waals surface area contributed by atoms with E-state index < -0.39 is 0 Å². The second kappa shape index (κ2) is 8.86. The molecule has 0 bridgehead atoms. The van der Waals surface area contributed by atoms with E-state index in [4.69, 9.17) is 24.4 Å². The number of nitrogens with one attached hydrogen (secondary N) is 2. The minimum Gasteiger partial charge on any atom is -0.507 e. The molecular weight excluding hydrogens is 436 g/mol. The SMILES string of the molecule is Cc1cc(C=Nn2c(CS)n[nH]c2=S)c(O)c(/C=N/n2c(CS)n[nH]c2=S)c1. The second-order valence-corrected chi connectivity index (χ2v) is 7.02. The number of phenolic OH excluding ortho intramolecular Hbond substituents is 1. The van der Waals surface area contributed by atoms with Crippen molar-refractivity contribution in [2.45, 2.75) is 18.4 Å². The summed E-state index contributed by atoms with van der Waals surface area (Å²) in [5.41, 5.74) is 1.91. The molecule has 0 spiro atoms. The van der Waals surface area contributed by atoms with Gasteiger partial charge in [-0.3, -0.25) is 10.2 Å². The Morgan fingerprint density at radius 3 is 1.82 bits per heavy atom. The number of H-pyrrole nitrogens is 2. The molecule has 0 fully saturated rings. The smallest absolute Gasteiger partial charge is 0.216 e. The minimum absolute atomic E-state index is 0.0166. The molecule has 3 aromatic rings. The summed E-state index contributed by atoms with van der Waals surface area (Å²) in [5.74, 6) is 1.87. The van der Waals surface area contributed by atoms with Gasteiger partial charge in [0.2, 0.25) is 9.54 Å². The van der Waals surface area contributed by atoms with Crippen molar-refractivity contribution in [3.05, 3.63) is 50.0 Å². The molecule has 0 aliphatic carbocycles. The van der Waals surface area contributed by atoms with E-state index in [1.165, 1.54) is 21.8 Å². The van der Waals surface area contributed by atoms with Crippen LogP contribution in [0.4, 0.5) is 0 Å². The highest BCUT2D eigenvalue weighted by Gasteiger charge is 2.08. The molecule has 0 saturated carbocycles. The summed E-state index contributed by atoms with van der Waals surface area (Å²) in [4.78, 5) is 0. The van der Waals surface area contributed by atoms with Crippen molar-refractivity contribution >= 4 is 62.1 Å². The van der Waals surface area contributed by atoms with Crippen LogP contribution in [0.1, 0.15) is 28.3 Å². The Balaban J connectivity index is 1.98. The summed E-state index contributed by atoms with van der Waals surface area (Å²) in [6.07, 6.45) is 3.00. The predicted octanol–water partition coefficient (Wildman–Crippen LogP) is 2.83. The monoisotopic (exact) mass is 452 g/mol. The Kier molecular flexibility index (Phi) is 6.49. The Morgan fingerprint density at radius 1 is 1.00 bits per heavy atom. The standard InChI is InChI=1S/C15H16N8OS4/c1-8-2-9(4-16-22-11(6-25)18-20-14(22)27)13(24)10(3-8)5-17-23-12(7-26)19-21-15(23)28/h2-5,24-26H,6-7H2,1H3,(H,20,27)(H,21,28)/b16-4+,17-5?. The van der Waals surface area contributed by atoms with E-state index in [0.29, 0.717) is 43.8 Å². The van der Waals surface area contributed by atoms with Gasteiger partial charge in [0.05, 0.1) is 23.9 Å². The number of benzene rings is 1. The number of aromatic amines is 2. The maximum atomic E-state index is 10.6. The van der Waals surface area contributed by atoms with E-state index in [1.54, 1.807) is 12.1 Å². The summed E-state index contributed by atoms with van der Waals surface area (Å²) in [5, 5.41) is 32.6. The van der Waals surface area contributed by atoms with Gasteiger partial charge in [-0.25, -0.2) is 0 Å². The molecular formula is C15H16N8OS4. The van der Waals surface area contributed by atoms with Crippen LogP contribution in [0.25, 0.3) is 0 Å². The first-order valence-corrected chi connectivity index (χ1v) is 9.99. The van der Waals surface area contributed by atoms with Crippen LogP contribution in [-0.2, 0) is 11.5 Å². The van der Waals surface area contributed by atoms with Crippen molar-refractivity contribution in [3.8, 4) is 5.75 Å². The molecule has 28 heavy (non-hydrogen) atoms. The van der Waals surface area contributed by atoms with Gasteiger partial charge in [0.1, 0.15) is 5.75 Å². The highest BCUT2D eigenvalue weighted by Crippen LogP contribution is 2.22. The van der Waals surface area contributed by atoms with Crippen LogP contribution in [0.15, 0.2) is 22.3 Å². The van der Waals surface area contributed by atoms with Crippen LogP contribution >= 0.6 is 49.7 Å². The molecule has 0 unspecified atom stereocenters. The first-order valence-electron chi connectivity index (χ1n) is 7.91. The molecule has 0 radical (unpaired) electrons. The molecule has 0 saturated heterocycles. The van der Waals surface area contributed by atoms with Crippen molar-refractivity contribution in [2.75, 3.05) is 0 Å². The van der Waals surface area contributed by atoms with E-state index >= 15 is 0 Å². The predicted molar refractivity (Wildman–Crippen MR) is 119 cm³/mol. The molecule has 0 aliphatic rings. The topological polar surface area (TPSA) is 112 Å². The van der Waals surface area contributed by atoms with Crippen LogP contribution in [0.3, 0.4) is 0 Å². The third-order valence-electron chi connectivity index (χ3n) is 3.66. The lowest BCUT2D eigenvalue weighted by Gasteiger charge is -2.06. The van der Waals surface area contributed by atoms with E-state index in [-0.39, 0.29) is 5.75 Å². The Hall–Kier alpha value is -2.22. The fourth-order valence-corrected chi connectivity index (χ4v) is 3.17. The fourth-order valence-electron chi connectivity index (χ4n) is 2.36. The molecule has 3 N–H and O–H groups in total. The van der Waals surface area contributed by atoms with Crippen molar-refractivity contribution in [2.24, 2.45) is 10.2 Å². The summed E-state index contributed by atoms with van der Waals surface area (Å²) in [6.45, 7) is 1.90. The van der Waals surface area contributed by atoms with Crippen molar-refractivity contribution in [3.63, 3.8) is 0 Å². The van der Waals surface area contributed by atoms with Crippen LogP contribution in [0, 0.1) is 16.5 Å². The Labute approximate surface area is 181 Å². The maximum absolute atomic E-state index is 10.6. The zero-order chi connectivity index (χ0) is 20.3. The summed E-state index contributed by atoms with van der Waals surface area (Å²) < 4.78 is 3.56. The summed E-state index contributed by atoms with van der Waals surface area (Å²) in [6, 6.07) is 3.59. The van der Waals surface area contributed by atoms with E-state index in [1.807, 2.05) is 6.92 Å². The van der Waals surface area contributed by atoms with Gasteiger partial charge in [-0.05, 0) is 49.1 Å². The third kappa shape index (κ3) is 4.27. The van der Waals surface area contributed by atoms with Crippen LogP contribution in [0.2, 0.25) is 0 Å². The molecule has 2 aromatic heterocycles. The molecule has 0 amide bonds. The van der Waals surface area contributed by atoms with E-state index in [0.717, 1.165) is 5.56 Å². The number of aryl methyl sites for hydroxylation is 1. The highest BCUT2D eigenvalue weighted by molar-refractivity contribution is 7.79. The molecule has 9 nitrogen and oxygen atoms in total.